The molecule has 0 atom stereocenters. The summed E-state index contributed by atoms with van der Waals surface area (Å²) in [4.78, 5) is 2.51. The first-order valence-corrected chi connectivity index (χ1v) is 10.7. The van der Waals surface area contributed by atoms with Crippen molar-refractivity contribution in [3.63, 3.8) is 0 Å². The highest BCUT2D eigenvalue weighted by atomic mass is 16.5. The van der Waals surface area contributed by atoms with Crippen molar-refractivity contribution < 1.29 is 4.74 Å². The summed E-state index contributed by atoms with van der Waals surface area (Å²) < 4.78 is 5.29. The van der Waals surface area contributed by atoms with Crippen molar-refractivity contribution in [2.45, 2.75) is 71.8 Å². The fourth-order valence-corrected chi connectivity index (χ4v) is 3.44. The molecule has 0 spiro atoms. The third kappa shape index (κ3) is 8.07. The number of rotatable bonds is 13. The van der Waals surface area contributed by atoms with Gasteiger partial charge >= 0.3 is 0 Å². The Morgan fingerprint density at radius 1 is 0.741 bits per heavy atom. The molecule has 27 heavy (non-hydrogen) atoms. The van der Waals surface area contributed by atoms with E-state index in [0.29, 0.717) is 0 Å². The van der Waals surface area contributed by atoms with Crippen LogP contribution in [0.1, 0.15) is 69.4 Å². The minimum absolute atomic E-state index is 0.920. The summed E-state index contributed by atoms with van der Waals surface area (Å²) >= 11 is 0. The van der Waals surface area contributed by atoms with E-state index in [1.165, 1.54) is 68.2 Å². The summed E-state index contributed by atoms with van der Waals surface area (Å²) in [7, 11) is 1.72. The predicted molar refractivity (Wildman–Crippen MR) is 118 cm³/mol. The summed E-state index contributed by atoms with van der Waals surface area (Å²) in [5.41, 5.74) is 3.96. The van der Waals surface area contributed by atoms with E-state index in [9.17, 15) is 0 Å². The van der Waals surface area contributed by atoms with Crippen LogP contribution in [-0.4, -0.2) is 13.7 Å². The fraction of sp³-hybridized carbons (Fsp3) is 0.520. The maximum atomic E-state index is 5.29. The average Bonchev–Trinajstić information content (AvgIpc) is 2.70. The molecule has 0 radical (unpaired) electrons. The lowest BCUT2D eigenvalue weighted by atomic mass is 10.1. The molecule has 148 valence electrons. The van der Waals surface area contributed by atoms with Crippen molar-refractivity contribution in [1.82, 2.24) is 0 Å². The summed E-state index contributed by atoms with van der Waals surface area (Å²) in [6.07, 6.45) is 10.9. The molecule has 0 saturated carbocycles. The second-order valence-corrected chi connectivity index (χ2v) is 7.58. The normalized spacial score (nSPS) is 10.8. The standard InChI is InChI=1S/C25H37NO/c1-4-5-6-7-8-9-10-11-20-26(24-16-12-22(2)13-17-24)21-23-14-18-25(27-3)19-15-23/h12-19H,4-11,20-21H2,1-3H3. The number of ether oxygens (including phenoxy) is 1. The van der Waals surface area contributed by atoms with Crippen LogP contribution in [-0.2, 0) is 6.54 Å². The SMILES string of the molecule is CCCCCCCCCCN(Cc1ccc(OC)cc1)c1ccc(C)cc1. The van der Waals surface area contributed by atoms with Gasteiger partial charge in [0.25, 0.3) is 0 Å². The Morgan fingerprint density at radius 2 is 1.33 bits per heavy atom. The Labute approximate surface area is 166 Å². The molecule has 0 saturated heterocycles. The molecule has 0 heterocycles. The Balaban J connectivity index is 1.87. The molecule has 0 N–H and O–H groups in total. The van der Waals surface area contributed by atoms with E-state index in [1.807, 2.05) is 0 Å². The number of unbranched alkanes of at least 4 members (excludes halogenated alkanes) is 7. The molecule has 2 aromatic rings. The lowest BCUT2D eigenvalue weighted by Gasteiger charge is -2.25. The fourth-order valence-electron chi connectivity index (χ4n) is 3.44. The molecule has 2 heteroatoms. The summed E-state index contributed by atoms with van der Waals surface area (Å²) in [5.74, 6) is 0.920. The van der Waals surface area contributed by atoms with Crippen LogP contribution in [0.4, 0.5) is 5.69 Å². The number of methoxy groups -OCH3 is 1. The van der Waals surface area contributed by atoms with Crippen molar-refractivity contribution >= 4 is 5.69 Å². The zero-order valence-electron chi connectivity index (χ0n) is 17.5. The van der Waals surface area contributed by atoms with Crippen LogP contribution in [0.15, 0.2) is 48.5 Å². The van der Waals surface area contributed by atoms with E-state index >= 15 is 0 Å². The van der Waals surface area contributed by atoms with Crippen LogP contribution in [0.5, 0.6) is 5.75 Å². The zero-order chi connectivity index (χ0) is 19.3. The minimum Gasteiger partial charge on any atom is -0.497 e. The van der Waals surface area contributed by atoms with Gasteiger partial charge in [0.05, 0.1) is 7.11 Å². The number of aryl methyl sites for hydroxylation is 1. The monoisotopic (exact) mass is 367 g/mol. The van der Waals surface area contributed by atoms with Gasteiger partial charge in [-0.25, -0.2) is 0 Å². The number of anilines is 1. The average molecular weight is 368 g/mol. The van der Waals surface area contributed by atoms with Gasteiger partial charge in [-0.15, -0.1) is 0 Å². The second-order valence-electron chi connectivity index (χ2n) is 7.58. The third-order valence-corrected chi connectivity index (χ3v) is 5.21. The highest BCUT2D eigenvalue weighted by molar-refractivity contribution is 5.48. The number of benzene rings is 2. The van der Waals surface area contributed by atoms with Crippen molar-refractivity contribution in [3.05, 3.63) is 59.7 Å². The number of nitrogens with zero attached hydrogens (tertiary/aromatic N) is 1. The molecule has 0 unspecified atom stereocenters. The lowest BCUT2D eigenvalue weighted by Crippen LogP contribution is -2.23. The molecular weight excluding hydrogens is 330 g/mol. The van der Waals surface area contributed by atoms with E-state index < -0.39 is 0 Å². The third-order valence-electron chi connectivity index (χ3n) is 5.21. The smallest absolute Gasteiger partial charge is 0.118 e. The van der Waals surface area contributed by atoms with E-state index in [1.54, 1.807) is 7.11 Å². The maximum absolute atomic E-state index is 5.29. The molecule has 0 aliphatic carbocycles. The number of hydrogen-bond acceptors (Lipinski definition) is 2. The second kappa shape index (κ2) is 12.4. The van der Waals surface area contributed by atoms with Gasteiger partial charge in [0.1, 0.15) is 5.75 Å². The summed E-state index contributed by atoms with van der Waals surface area (Å²) in [6, 6.07) is 17.4. The van der Waals surface area contributed by atoms with Gasteiger partial charge in [-0.05, 0) is 43.2 Å². The molecule has 0 aromatic heterocycles. The number of hydrogen-bond donors (Lipinski definition) is 0. The van der Waals surface area contributed by atoms with E-state index in [-0.39, 0.29) is 0 Å². The highest BCUT2D eigenvalue weighted by Gasteiger charge is 2.08. The van der Waals surface area contributed by atoms with Crippen LogP contribution < -0.4 is 9.64 Å². The van der Waals surface area contributed by atoms with Gasteiger partial charge in [-0.3, -0.25) is 0 Å². The largest absolute Gasteiger partial charge is 0.497 e. The van der Waals surface area contributed by atoms with Gasteiger partial charge in [0, 0.05) is 18.8 Å². The van der Waals surface area contributed by atoms with Crippen molar-refractivity contribution in [1.29, 1.82) is 0 Å². The van der Waals surface area contributed by atoms with Gasteiger partial charge < -0.3 is 9.64 Å². The van der Waals surface area contributed by atoms with E-state index in [4.69, 9.17) is 4.74 Å². The molecule has 0 bridgehead atoms. The molecule has 0 aliphatic heterocycles. The first-order chi connectivity index (χ1) is 13.2. The molecule has 0 fully saturated rings. The van der Waals surface area contributed by atoms with E-state index in [2.05, 4.69) is 67.3 Å². The van der Waals surface area contributed by atoms with Crippen LogP contribution >= 0.6 is 0 Å². The van der Waals surface area contributed by atoms with Crippen LogP contribution in [0.2, 0.25) is 0 Å². The van der Waals surface area contributed by atoms with Gasteiger partial charge in [0.2, 0.25) is 0 Å². The molecular formula is C25H37NO. The van der Waals surface area contributed by atoms with Crippen LogP contribution in [0, 0.1) is 6.92 Å². The topological polar surface area (TPSA) is 12.5 Å². The summed E-state index contributed by atoms with van der Waals surface area (Å²) in [5, 5.41) is 0. The zero-order valence-corrected chi connectivity index (χ0v) is 17.5. The predicted octanol–water partition coefficient (Wildman–Crippen LogP) is 7.15. The quantitative estimate of drug-likeness (QED) is 0.348. The van der Waals surface area contributed by atoms with Gasteiger partial charge in [-0.1, -0.05) is 81.7 Å². The molecule has 2 rings (SSSR count). The Hall–Kier alpha value is -1.96. The first kappa shape index (κ1) is 21.3. The van der Waals surface area contributed by atoms with Crippen LogP contribution in [0.25, 0.3) is 0 Å². The Bertz CT molecular complexity index is 618. The molecule has 0 amide bonds. The van der Waals surface area contributed by atoms with Crippen molar-refractivity contribution in [3.8, 4) is 5.75 Å². The minimum atomic E-state index is 0.920. The van der Waals surface area contributed by atoms with Gasteiger partial charge in [-0.2, -0.15) is 0 Å². The van der Waals surface area contributed by atoms with Crippen LogP contribution in [0.3, 0.4) is 0 Å². The molecule has 2 aromatic carbocycles. The first-order valence-electron chi connectivity index (χ1n) is 10.7. The van der Waals surface area contributed by atoms with E-state index in [0.717, 1.165) is 18.8 Å². The maximum Gasteiger partial charge on any atom is 0.118 e. The van der Waals surface area contributed by atoms with Crippen molar-refractivity contribution in [2.75, 3.05) is 18.6 Å². The van der Waals surface area contributed by atoms with Gasteiger partial charge in [0.15, 0.2) is 0 Å². The lowest BCUT2D eigenvalue weighted by molar-refractivity contribution is 0.414. The van der Waals surface area contributed by atoms with Crippen molar-refractivity contribution in [2.24, 2.45) is 0 Å². The molecule has 0 aliphatic rings. The Kier molecular flexibility index (Phi) is 9.83. The summed E-state index contributed by atoms with van der Waals surface area (Å²) in [6.45, 7) is 6.49. The Morgan fingerprint density at radius 3 is 1.93 bits per heavy atom. The highest BCUT2D eigenvalue weighted by Crippen LogP contribution is 2.21. The molecule has 2 nitrogen and oxygen atoms in total.